The number of hydrogen-bond donors (Lipinski definition) is 2. The molecular weight excluding hydrogens is 434 g/mol. The van der Waals surface area contributed by atoms with E-state index in [0.717, 1.165) is 42.9 Å². The van der Waals surface area contributed by atoms with Crippen LogP contribution in [0.15, 0.2) is 18.2 Å². The molecule has 3 rings (SSSR count). The van der Waals surface area contributed by atoms with Crippen LogP contribution in [0.5, 0.6) is 5.75 Å². The van der Waals surface area contributed by atoms with Crippen LogP contribution in [0.25, 0.3) is 0 Å². The van der Waals surface area contributed by atoms with Gasteiger partial charge >= 0.3 is 6.09 Å². The van der Waals surface area contributed by atoms with E-state index >= 15 is 0 Å². The van der Waals surface area contributed by atoms with Crippen LogP contribution in [0.3, 0.4) is 0 Å². The number of ether oxygens (including phenoxy) is 2. The molecule has 180 valence electrons. The van der Waals surface area contributed by atoms with Gasteiger partial charge in [0.2, 0.25) is 5.91 Å². The number of nitrogens with zero attached hydrogens (tertiary/aromatic N) is 2. The fourth-order valence-corrected chi connectivity index (χ4v) is 4.04. The molecule has 8 nitrogen and oxygen atoms in total. The van der Waals surface area contributed by atoms with Gasteiger partial charge < -0.3 is 29.7 Å². The molecule has 0 radical (unpaired) electrons. The third kappa shape index (κ3) is 7.25. The fourth-order valence-electron chi connectivity index (χ4n) is 4.04. The van der Waals surface area contributed by atoms with Crippen molar-refractivity contribution in [3.05, 3.63) is 23.8 Å². The lowest BCUT2D eigenvalue weighted by molar-refractivity contribution is -0.116. The number of hydrogen-bond acceptors (Lipinski definition) is 6. The highest BCUT2D eigenvalue weighted by Gasteiger charge is 2.27. The Morgan fingerprint density at radius 3 is 2.66 bits per heavy atom. The quantitative estimate of drug-likeness (QED) is 0.608. The first-order valence-electron chi connectivity index (χ1n) is 11.2. The lowest BCUT2D eigenvalue weighted by atomic mass is 10.0. The Balaban J connectivity index is 0.00000363. The zero-order chi connectivity index (χ0) is 22.4. The van der Waals surface area contributed by atoms with Crippen molar-refractivity contribution in [2.75, 3.05) is 45.2 Å². The van der Waals surface area contributed by atoms with Crippen molar-refractivity contribution in [2.24, 2.45) is 5.92 Å². The Morgan fingerprint density at radius 2 is 1.97 bits per heavy atom. The molecule has 0 bridgehead atoms. The van der Waals surface area contributed by atoms with Gasteiger partial charge in [0.05, 0.1) is 6.61 Å². The molecular formula is C23H36ClN3O5. The van der Waals surface area contributed by atoms with Gasteiger partial charge in [0.25, 0.3) is 0 Å². The van der Waals surface area contributed by atoms with Gasteiger partial charge in [0.1, 0.15) is 18.5 Å². The molecule has 0 aromatic heterocycles. The monoisotopic (exact) mass is 469 g/mol. The minimum atomic E-state index is -0.612. The lowest BCUT2D eigenvalue weighted by Gasteiger charge is -2.37. The molecule has 1 aromatic carbocycles. The average molecular weight is 470 g/mol. The highest BCUT2D eigenvalue weighted by molar-refractivity contribution is 5.94. The van der Waals surface area contributed by atoms with E-state index < -0.39 is 6.10 Å². The maximum absolute atomic E-state index is 12.2. The van der Waals surface area contributed by atoms with Crippen LogP contribution in [0.4, 0.5) is 10.5 Å². The molecule has 2 aliphatic heterocycles. The van der Waals surface area contributed by atoms with E-state index in [4.69, 9.17) is 9.47 Å². The van der Waals surface area contributed by atoms with Crippen LogP contribution in [0.1, 0.15) is 38.7 Å². The number of halogens is 1. The van der Waals surface area contributed by atoms with Crippen molar-refractivity contribution < 1.29 is 24.2 Å². The molecule has 2 heterocycles. The maximum atomic E-state index is 12.2. The maximum Gasteiger partial charge on any atom is 0.409 e. The van der Waals surface area contributed by atoms with Crippen LogP contribution in [0.2, 0.25) is 0 Å². The van der Waals surface area contributed by atoms with Gasteiger partial charge in [-0.1, -0.05) is 19.9 Å². The second-order valence-corrected chi connectivity index (χ2v) is 8.91. The molecule has 2 aliphatic rings. The minimum Gasteiger partial charge on any atom is -0.490 e. The zero-order valence-corrected chi connectivity index (χ0v) is 20.0. The Morgan fingerprint density at radius 1 is 1.25 bits per heavy atom. The van der Waals surface area contributed by atoms with Crippen LogP contribution < -0.4 is 10.1 Å². The van der Waals surface area contributed by atoms with Gasteiger partial charge in [-0.15, -0.1) is 12.4 Å². The van der Waals surface area contributed by atoms with Crippen molar-refractivity contribution in [1.82, 2.24) is 9.80 Å². The number of rotatable bonds is 8. The van der Waals surface area contributed by atoms with E-state index in [1.807, 2.05) is 32.0 Å². The number of β-amino-alcohol motifs (C(OH)–C–C–N with tert-alkyl or cyclic N) is 1. The van der Waals surface area contributed by atoms with Gasteiger partial charge in [-0.05, 0) is 37.3 Å². The highest BCUT2D eigenvalue weighted by atomic mass is 35.5. The Hall–Kier alpha value is -2.03. The van der Waals surface area contributed by atoms with E-state index in [9.17, 15) is 14.7 Å². The van der Waals surface area contributed by atoms with Gasteiger partial charge in [-0.25, -0.2) is 4.79 Å². The number of aliphatic hydroxyl groups is 1. The van der Waals surface area contributed by atoms with Crippen LogP contribution in [-0.2, 0) is 16.0 Å². The average Bonchev–Trinajstić information content (AvgIpc) is 2.75. The lowest BCUT2D eigenvalue weighted by Crippen LogP contribution is -2.48. The summed E-state index contributed by atoms with van der Waals surface area (Å²) in [6.07, 6.45) is 1.93. The first-order valence-corrected chi connectivity index (χ1v) is 11.2. The van der Waals surface area contributed by atoms with Crippen molar-refractivity contribution in [1.29, 1.82) is 0 Å². The second kappa shape index (κ2) is 12.3. The number of carbonyl (C=O) groups is 2. The van der Waals surface area contributed by atoms with Gasteiger partial charge in [0, 0.05) is 50.4 Å². The summed E-state index contributed by atoms with van der Waals surface area (Å²) in [5.41, 5.74) is 1.78. The van der Waals surface area contributed by atoms with E-state index in [-0.39, 0.29) is 37.1 Å². The zero-order valence-electron chi connectivity index (χ0n) is 19.2. The third-order valence-electron chi connectivity index (χ3n) is 5.84. The number of nitrogens with one attached hydrogen (secondary N) is 1. The van der Waals surface area contributed by atoms with Crippen molar-refractivity contribution in [3.8, 4) is 5.75 Å². The molecule has 9 heteroatoms. The molecule has 32 heavy (non-hydrogen) atoms. The van der Waals surface area contributed by atoms with Crippen molar-refractivity contribution >= 4 is 30.1 Å². The molecule has 0 aliphatic carbocycles. The van der Waals surface area contributed by atoms with Crippen molar-refractivity contribution in [2.45, 2.75) is 51.7 Å². The number of aliphatic hydroxyl groups excluding tert-OH is 1. The molecule has 2 amide bonds. The predicted octanol–water partition coefficient (Wildman–Crippen LogP) is 2.92. The second-order valence-electron chi connectivity index (χ2n) is 8.91. The van der Waals surface area contributed by atoms with Crippen LogP contribution >= 0.6 is 12.4 Å². The van der Waals surface area contributed by atoms with Crippen LogP contribution in [-0.4, -0.2) is 78.9 Å². The highest BCUT2D eigenvalue weighted by Crippen LogP contribution is 2.31. The summed E-state index contributed by atoms with van der Waals surface area (Å²) in [5.74, 6) is 1.06. The number of fused-ring (bicyclic) bond motifs is 1. The fraction of sp³-hybridized carbons (Fsp3) is 0.652. The summed E-state index contributed by atoms with van der Waals surface area (Å²) in [5, 5.41) is 13.3. The molecule has 0 saturated carbocycles. The van der Waals surface area contributed by atoms with Crippen LogP contribution in [0, 0.1) is 5.92 Å². The topological polar surface area (TPSA) is 91.3 Å². The normalized spacial score (nSPS) is 17.7. The van der Waals surface area contributed by atoms with E-state index in [2.05, 4.69) is 10.2 Å². The Bertz CT molecular complexity index is 768. The van der Waals surface area contributed by atoms with Gasteiger partial charge in [-0.3, -0.25) is 4.79 Å². The molecule has 1 unspecified atom stereocenters. The minimum absolute atomic E-state index is 0. The Kier molecular flexibility index (Phi) is 10.1. The van der Waals surface area contributed by atoms with E-state index in [0.29, 0.717) is 31.9 Å². The molecule has 1 aromatic rings. The summed E-state index contributed by atoms with van der Waals surface area (Å²) in [6, 6.07) is 5.76. The summed E-state index contributed by atoms with van der Waals surface area (Å²) in [6.45, 7) is 6.83. The Labute approximate surface area is 196 Å². The number of benzene rings is 1. The molecule has 2 N–H and O–H groups in total. The SMILES string of the molecule is CC(C)COC(=O)N(C)C1CCN(CC(O)COc2cccc3c2CCC(=O)N3)CC1.Cl. The summed E-state index contributed by atoms with van der Waals surface area (Å²) in [7, 11) is 1.80. The standard InChI is InChI=1S/C23H35N3O5.ClH/c1-16(2)14-31-23(29)25(3)17-9-11-26(12-10-17)13-18(27)15-30-21-6-4-5-20-19(21)7-8-22(28)24-20;/h4-6,16-18,27H,7-15H2,1-3H3,(H,24,28);1H. The summed E-state index contributed by atoms with van der Waals surface area (Å²) >= 11 is 0. The summed E-state index contributed by atoms with van der Waals surface area (Å²) in [4.78, 5) is 27.6. The number of likely N-dealkylation sites (tertiary alicyclic amines) is 1. The largest absolute Gasteiger partial charge is 0.490 e. The predicted molar refractivity (Wildman–Crippen MR) is 126 cm³/mol. The number of carbonyl (C=O) groups excluding carboxylic acids is 2. The third-order valence-corrected chi connectivity index (χ3v) is 5.84. The van der Waals surface area contributed by atoms with E-state index in [1.54, 1.807) is 11.9 Å². The summed E-state index contributed by atoms with van der Waals surface area (Å²) < 4.78 is 11.2. The first-order chi connectivity index (χ1) is 14.8. The van der Waals surface area contributed by atoms with Crippen molar-refractivity contribution in [3.63, 3.8) is 0 Å². The number of anilines is 1. The molecule has 0 spiro atoms. The van der Waals surface area contributed by atoms with Gasteiger partial charge in [0.15, 0.2) is 0 Å². The first kappa shape index (κ1) is 26.2. The van der Waals surface area contributed by atoms with E-state index in [1.165, 1.54) is 0 Å². The number of amides is 2. The smallest absolute Gasteiger partial charge is 0.409 e. The molecule has 1 atom stereocenters. The number of piperidine rings is 1. The molecule has 1 saturated heterocycles. The van der Waals surface area contributed by atoms with Gasteiger partial charge in [-0.2, -0.15) is 0 Å². The molecule has 1 fully saturated rings.